The maximum atomic E-state index is 5.30. The van der Waals surface area contributed by atoms with Crippen molar-refractivity contribution in [2.75, 3.05) is 13.7 Å². The number of methoxy groups -OCH3 is 1. The van der Waals surface area contributed by atoms with Gasteiger partial charge in [-0.2, -0.15) is 0 Å². The van der Waals surface area contributed by atoms with Crippen LogP contribution < -0.4 is 10.1 Å². The van der Waals surface area contributed by atoms with Gasteiger partial charge >= 0.3 is 0 Å². The standard InChI is InChI=1S/C13H18N4O/c1-18-13-6-3-2-5-12(13)11-14-7-4-9-17-10-8-15-16-17/h2-3,5-6,8,10,14H,4,7,9,11H2,1H3. The molecular formula is C13H18N4O. The highest BCUT2D eigenvalue weighted by Crippen LogP contribution is 2.16. The number of aryl methyl sites for hydroxylation is 1. The van der Waals surface area contributed by atoms with E-state index in [9.17, 15) is 0 Å². The molecule has 96 valence electrons. The topological polar surface area (TPSA) is 52.0 Å². The highest BCUT2D eigenvalue weighted by atomic mass is 16.5. The van der Waals surface area contributed by atoms with Crippen molar-refractivity contribution in [3.63, 3.8) is 0 Å². The summed E-state index contributed by atoms with van der Waals surface area (Å²) in [6.45, 7) is 2.65. The van der Waals surface area contributed by atoms with E-state index in [0.29, 0.717) is 0 Å². The predicted molar refractivity (Wildman–Crippen MR) is 69.3 cm³/mol. The molecule has 2 aromatic rings. The summed E-state index contributed by atoms with van der Waals surface area (Å²) in [6.07, 6.45) is 4.60. The van der Waals surface area contributed by atoms with Crippen molar-refractivity contribution < 1.29 is 4.74 Å². The van der Waals surface area contributed by atoms with Crippen molar-refractivity contribution in [3.8, 4) is 5.75 Å². The number of benzene rings is 1. The number of hydrogen-bond donors (Lipinski definition) is 1. The first-order valence-corrected chi connectivity index (χ1v) is 6.07. The Morgan fingerprint density at radius 2 is 2.22 bits per heavy atom. The van der Waals surface area contributed by atoms with Gasteiger partial charge in [-0.05, 0) is 19.0 Å². The average molecular weight is 246 g/mol. The van der Waals surface area contributed by atoms with E-state index in [2.05, 4.69) is 21.7 Å². The number of nitrogens with zero attached hydrogens (tertiary/aromatic N) is 3. The fraction of sp³-hybridized carbons (Fsp3) is 0.385. The number of rotatable bonds is 7. The molecule has 0 unspecified atom stereocenters. The SMILES string of the molecule is COc1ccccc1CNCCCn1ccnn1. The number of ether oxygens (including phenoxy) is 1. The molecule has 0 aliphatic carbocycles. The third kappa shape index (κ3) is 3.56. The zero-order chi connectivity index (χ0) is 12.6. The summed E-state index contributed by atoms with van der Waals surface area (Å²) in [5.41, 5.74) is 1.18. The minimum Gasteiger partial charge on any atom is -0.496 e. The predicted octanol–water partition coefficient (Wildman–Crippen LogP) is 1.47. The summed E-state index contributed by atoms with van der Waals surface area (Å²) in [7, 11) is 1.70. The van der Waals surface area contributed by atoms with Gasteiger partial charge in [0.25, 0.3) is 0 Å². The van der Waals surface area contributed by atoms with Crippen LogP contribution in [-0.4, -0.2) is 28.6 Å². The summed E-state index contributed by atoms with van der Waals surface area (Å²) in [5.74, 6) is 0.932. The molecule has 1 N–H and O–H groups in total. The quantitative estimate of drug-likeness (QED) is 0.752. The van der Waals surface area contributed by atoms with Gasteiger partial charge in [0.05, 0.1) is 13.3 Å². The molecular weight excluding hydrogens is 228 g/mol. The van der Waals surface area contributed by atoms with E-state index in [1.165, 1.54) is 5.56 Å². The van der Waals surface area contributed by atoms with Crippen LogP contribution in [0.2, 0.25) is 0 Å². The first-order chi connectivity index (χ1) is 8.90. The van der Waals surface area contributed by atoms with E-state index < -0.39 is 0 Å². The lowest BCUT2D eigenvalue weighted by Gasteiger charge is -2.09. The molecule has 0 aliphatic rings. The minimum atomic E-state index is 0.821. The Balaban J connectivity index is 1.69. The van der Waals surface area contributed by atoms with Gasteiger partial charge in [-0.15, -0.1) is 5.10 Å². The molecule has 1 heterocycles. The van der Waals surface area contributed by atoms with Crippen LogP contribution in [0.5, 0.6) is 5.75 Å². The largest absolute Gasteiger partial charge is 0.496 e. The van der Waals surface area contributed by atoms with Gasteiger partial charge in [-0.25, -0.2) is 0 Å². The smallest absolute Gasteiger partial charge is 0.123 e. The Morgan fingerprint density at radius 1 is 1.33 bits per heavy atom. The minimum absolute atomic E-state index is 0.821. The van der Waals surface area contributed by atoms with Gasteiger partial charge in [-0.3, -0.25) is 4.68 Å². The summed E-state index contributed by atoms with van der Waals surface area (Å²) < 4.78 is 7.14. The molecule has 1 aromatic heterocycles. The summed E-state index contributed by atoms with van der Waals surface area (Å²) in [6, 6.07) is 8.05. The first kappa shape index (κ1) is 12.6. The summed E-state index contributed by atoms with van der Waals surface area (Å²) >= 11 is 0. The lowest BCUT2D eigenvalue weighted by Crippen LogP contribution is -2.17. The van der Waals surface area contributed by atoms with Crippen LogP contribution in [0.15, 0.2) is 36.7 Å². The normalized spacial score (nSPS) is 10.5. The fourth-order valence-electron chi connectivity index (χ4n) is 1.79. The molecule has 0 saturated carbocycles. The number of hydrogen-bond acceptors (Lipinski definition) is 4. The molecule has 0 atom stereocenters. The number of para-hydroxylation sites is 1. The number of nitrogens with one attached hydrogen (secondary N) is 1. The molecule has 0 saturated heterocycles. The highest BCUT2D eigenvalue weighted by Gasteiger charge is 2.00. The van der Waals surface area contributed by atoms with Crippen LogP contribution in [0.1, 0.15) is 12.0 Å². The third-order valence-corrected chi connectivity index (χ3v) is 2.72. The monoisotopic (exact) mass is 246 g/mol. The lowest BCUT2D eigenvalue weighted by atomic mass is 10.2. The maximum absolute atomic E-state index is 5.30. The molecule has 0 aliphatic heterocycles. The summed E-state index contributed by atoms with van der Waals surface area (Å²) in [4.78, 5) is 0. The average Bonchev–Trinajstić information content (AvgIpc) is 2.92. The van der Waals surface area contributed by atoms with Crippen LogP contribution in [-0.2, 0) is 13.1 Å². The van der Waals surface area contributed by atoms with E-state index in [4.69, 9.17) is 4.74 Å². The van der Waals surface area contributed by atoms with E-state index in [-0.39, 0.29) is 0 Å². The summed E-state index contributed by atoms with van der Waals surface area (Å²) in [5, 5.41) is 11.1. The number of aromatic nitrogens is 3. The van der Waals surface area contributed by atoms with Crippen LogP contribution in [0.4, 0.5) is 0 Å². The first-order valence-electron chi connectivity index (χ1n) is 6.07. The lowest BCUT2D eigenvalue weighted by molar-refractivity contribution is 0.407. The van der Waals surface area contributed by atoms with E-state index in [0.717, 1.165) is 31.8 Å². The van der Waals surface area contributed by atoms with Gasteiger partial charge in [-0.1, -0.05) is 23.4 Å². The molecule has 0 spiro atoms. The van der Waals surface area contributed by atoms with Crippen molar-refractivity contribution in [3.05, 3.63) is 42.2 Å². The van der Waals surface area contributed by atoms with Crippen molar-refractivity contribution in [1.29, 1.82) is 0 Å². The second kappa shape index (κ2) is 6.76. The Kier molecular flexibility index (Phi) is 4.72. The van der Waals surface area contributed by atoms with Crippen molar-refractivity contribution in [1.82, 2.24) is 20.3 Å². The molecule has 5 nitrogen and oxygen atoms in total. The van der Waals surface area contributed by atoms with Crippen LogP contribution >= 0.6 is 0 Å². The molecule has 2 rings (SSSR count). The Labute approximate surface area is 107 Å². The molecule has 1 aromatic carbocycles. The van der Waals surface area contributed by atoms with Crippen molar-refractivity contribution >= 4 is 0 Å². The molecule has 5 heteroatoms. The molecule has 0 amide bonds. The second-order valence-corrected chi connectivity index (χ2v) is 4.01. The van der Waals surface area contributed by atoms with Crippen LogP contribution in [0.3, 0.4) is 0 Å². The second-order valence-electron chi connectivity index (χ2n) is 4.01. The zero-order valence-electron chi connectivity index (χ0n) is 10.5. The maximum Gasteiger partial charge on any atom is 0.123 e. The van der Waals surface area contributed by atoms with Crippen LogP contribution in [0, 0.1) is 0 Å². The Hall–Kier alpha value is -1.88. The van der Waals surface area contributed by atoms with Crippen LogP contribution in [0.25, 0.3) is 0 Å². The Bertz CT molecular complexity index is 456. The van der Waals surface area contributed by atoms with Gasteiger partial charge < -0.3 is 10.1 Å². The van der Waals surface area contributed by atoms with Crippen molar-refractivity contribution in [2.24, 2.45) is 0 Å². The van der Waals surface area contributed by atoms with Gasteiger partial charge in [0.1, 0.15) is 5.75 Å². The third-order valence-electron chi connectivity index (χ3n) is 2.72. The Morgan fingerprint density at radius 3 is 3.00 bits per heavy atom. The van der Waals surface area contributed by atoms with Gasteiger partial charge in [0, 0.05) is 24.8 Å². The zero-order valence-corrected chi connectivity index (χ0v) is 10.5. The molecule has 0 radical (unpaired) electrons. The molecule has 18 heavy (non-hydrogen) atoms. The van der Waals surface area contributed by atoms with Gasteiger partial charge in [0.15, 0.2) is 0 Å². The molecule has 0 fully saturated rings. The van der Waals surface area contributed by atoms with E-state index in [1.54, 1.807) is 13.3 Å². The van der Waals surface area contributed by atoms with E-state index >= 15 is 0 Å². The van der Waals surface area contributed by atoms with E-state index in [1.807, 2.05) is 29.1 Å². The van der Waals surface area contributed by atoms with Crippen molar-refractivity contribution in [2.45, 2.75) is 19.5 Å². The van der Waals surface area contributed by atoms with Gasteiger partial charge in [0.2, 0.25) is 0 Å². The molecule has 0 bridgehead atoms. The highest BCUT2D eigenvalue weighted by molar-refractivity contribution is 5.32. The fourth-order valence-corrected chi connectivity index (χ4v) is 1.79.